The van der Waals surface area contributed by atoms with Crippen molar-refractivity contribution < 1.29 is 24.2 Å². The molecule has 3 heterocycles. The van der Waals surface area contributed by atoms with E-state index in [4.69, 9.17) is 16.3 Å². The number of likely N-dealkylation sites (tertiary alicyclic amines) is 1. The Hall–Kier alpha value is -3.46. The molecule has 5 rings (SSSR count). The van der Waals surface area contributed by atoms with E-state index in [-0.39, 0.29) is 49.3 Å². The van der Waals surface area contributed by atoms with Crippen molar-refractivity contribution in [2.24, 2.45) is 23.7 Å². The minimum Gasteiger partial charge on any atom is -0.394 e. The Labute approximate surface area is 271 Å². The number of rotatable bonds is 12. The van der Waals surface area contributed by atoms with Crippen molar-refractivity contribution in [2.75, 3.05) is 29.5 Å². The lowest BCUT2D eigenvalue weighted by molar-refractivity contribution is -0.150. The molecular weight excluding hydrogens is 590 g/mol. The SMILES string of the molecule is C=CCN(C(=O)[C@@H]1[C@H]2C(=O)N([C@@H](CO)[C@@H](C)CC)C(C(=O)N(CC=C)c3ccccc3Cl)C23CC(C)[C@@]1(C)O3)c1ccccc1. The lowest BCUT2D eigenvalue weighted by Crippen LogP contribution is -2.60. The van der Waals surface area contributed by atoms with E-state index >= 15 is 4.79 Å². The Bertz CT molecular complexity index is 1470. The minimum absolute atomic E-state index is 0.126. The normalized spacial score (nSPS) is 29.6. The van der Waals surface area contributed by atoms with Crippen molar-refractivity contribution in [3.8, 4) is 0 Å². The molecule has 2 aromatic carbocycles. The Morgan fingerprint density at radius 1 is 1.09 bits per heavy atom. The number of carbonyl (C=O) groups excluding carboxylic acids is 3. The maximum atomic E-state index is 15.0. The summed E-state index contributed by atoms with van der Waals surface area (Å²) in [5.74, 6) is -3.02. The van der Waals surface area contributed by atoms with E-state index in [2.05, 4.69) is 13.2 Å². The fourth-order valence-corrected chi connectivity index (χ4v) is 8.22. The van der Waals surface area contributed by atoms with Crippen molar-refractivity contribution in [3.63, 3.8) is 0 Å². The topological polar surface area (TPSA) is 90.4 Å². The molecular formula is C36H44ClN3O5. The maximum Gasteiger partial charge on any atom is 0.253 e. The molecule has 1 spiro atoms. The molecule has 3 saturated heterocycles. The number of para-hydroxylation sites is 2. The van der Waals surface area contributed by atoms with Gasteiger partial charge in [-0.25, -0.2) is 0 Å². The number of nitrogens with zero attached hydrogens (tertiary/aromatic N) is 3. The van der Waals surface area contributed by atoms with Gasteiger partial charge in [0.05, 0.1) is 40.8 Å². The first-order chi connectivity index (χ1) is 21.5. The van der Waals surface area contributed by atoms with Gasteiger partial charge in [0.2, 0.25) is 11.8 Å². The van der Waals surface area contributed by atoms with Gasteiger partial charge in [-0.3, -0.25) is 14.4 Å². The molecule has 0 aliphatic carbocycles. The van der Waals surface area contributed by atoms with Gasteiger partial charge in [0, 0.05) is 18.8 Å². The van der Waals surface area contributed by atoms with Crippen molar-refractivity contribution in [2.45, 2.75) is 63.8 Å². The van der Waals surface area contributed by atoms with Crippen LogP contribution in [0, 0.1) is 23.7 Å². The zero-order chi connectivity index (χ0) is 32.7. The molecule has 2 bridgehead atoms. The lowest BCUT2D eigenvalue weighted by atomic mass is 9.62. The van der Waals surface area contributed by atoms with Gasteiger partial charge in [0.25, 0.3) is 5.91 Å². The minimum atomic E-state index is -1.29. The molecule has 45 heavy (non-hydrogen) atoms. The number of aliphatic hydroxyl groups excluding tert-OH is 1. The third-order valence-corrected chi connectivity index (χ3v) is 10.8. The van der Waals surface area contributed by atoms with Crippen LogP contribution in [0.15, 0.2) is 79.9 Å². The highest BCUT2D eigenvalue weighted by Crippen LogP contribution is 2.66. The van der Waals surface area contributed by atoms with Crippen molar-refractivity contribution in [1.82, 2.24) is 4.90 Å². The van der Waals surface area contributed by atoms with Crippen LogP contribution in [0.5, 0.6) is 0 Å². The molecule has 0 aromatic heterocycles. The summed E-state index contributed by atoms with van der Waals surface area (Å²) in [5.41, 5.74) is -1.12. The summed E-state index contributed by atoms with van der Waals surface area (Å²) in [5, 5.41) is 11.1. The second-order valence-corrected chi connectivity index (χ2v) is 13.3. The number of hydrogen-bond acceptors (Lipinski definition) is 5. The molecule has 2 aromatic rings. The standard InChI is InChI=1S/C36H44ClN3O5/c1-7-19-38(25-15-11-10-12-16-25)32(42)29-30-33(43)40(28(22-41)23(4)9-3)31(36(30)21-24(5)35(29,6)45-36)34(44)39(20-8-2)27-18-14-13-17-26(27)37/h7-8,10-18,23-24,28-31,41H,1-2,9,19-22H2,3-6H3/t23-,24?,28-,29-,30-,31?,35+,36?/m0/s1. The summed E-state index contributed by atoms with van der Waals surface area (Å²) in [4.78, 5) is 49.4. The van der Waals surface area contributed by atoms with Crippen LogP contribution in [0.2, 0.25) is 5.02 Å². The van der Waals surface area contributed by atoms with Gasteiger partial charge in [-0.2, -0.15) is 0 Å². The Morgan fingerprint density at radius 3 is 2.31 bits per heavy atom. The Kier molecular flexibility index (Phi) is 9.32. The van der Waals surface area contributed by atoms with E-state index in [1.807, 2.05) is 58.0 Å². The summed E-state index contributed by atoms with van der Waals surface area (Å²) in [6.07, 6.45) is 4.36. The second kappa shape index (κ2) is 12.7. The van der Waals surface area contributed by atoms with Crippen LogP contribution in [0.4, 0.5) is 11.4 Å². The molecule has 9 heteroatoms. The zero-order valence-corrected chi connectivity index (χ0v) is 27.3. The van der Waals surface area contributed by atoms with Gasteiger partial charge < -0.3 is 24.5 Å². The first-order valence-electron chi connectivity index (χ1n) is 15.8. The van der Waals surface area contributed by atoms with E-state index in [0.29, 0.717) is 29.2 Å². The second-order valence-electron chi connectivity index (χ2n) is 12.8. The van der Waals surface area contributed by atoms with Gasteiger partial charge in [0.1, 0.15) is 11.6 Å². The summed E-state index contributed by atoms with van der Waals surface area (Å²) < 4.78 is 6.99. The number of ether oxygens (including phenoxy) is 1. The Balaban J connectivity index is 1.69. The van der Waals surface area contributed by atoms with Crippen molar-refractivity contribution >= 4 is 40.7 Å². The van der Waals surface area contributed by atoms with Crippen LogP contribution in [0.25, 0.3) is 0 Å². The highest BCUT2D eigenvalue weighted by Gasteiger charge is 2.80. The predicted molar refractivity (Wildman–Crippen MR) is 177 cm³/mol. The summed E-state index contributed by atoms with van der Waals surface area (Å²) >= 11 is 6.62. The van der Waals surface area contributed by atoms with E-state index in [1.54, 1.807) is 46.2 Å². The average Bonchev–Trinajstić information content (AvgIpc) is 3.55. The van der Waals surface area contributed by atoms with Gasteiger partial charge >= 0.3 is 0 Å². The molecule has 3 aliphatic heterocycles. The third-order valence-electron chi connectivity index (χ3n) is 10.5. The summed E-state index contributed by atoms with van der Waals surface area (Å²) in [6.45, 7) is 15.7. The van der Waals surface area contributed by atoms with Gasteiger partial charge in [-0.1, -0.05) is 81.3 Å². The Morgan fingerprint density at radius 2 is 1.71 bits per heavy atom. The van der Waals surface area contributed by atoms with Gasteiger partial charge in [0.15, 0.2) is 0 Å². The van der Waals surface area contributed by atoms with Crippen LogP contribution in [0.3, 0.4) is 0 Å². The molecule has 3 aliphatic rings. The molecule has 8 nitrogen and oxygen atoms in total. The van der Waals surface area contributed by atoms with Crippen molar-refractivity contribution in [3.05, 3.63) is 84.9 Å². The molecule has 0 saturated carbocycles. The smallest absolute Gasteiger partial charge is 0.253 e. The highest BCUT2D eigenvalue weighted by molar-refractivity contribution is 6.34. The van der Waals surface area contributed by atoms with Crippen LogP contribution in [-0.2, 0) is 19.1 Å². The summed E-state index contributed by atoms with van der Waals surface area (Å²) in [7, 11) is 0. The summed E-state index contributed by atoms with van der Waals surface area (Å²) in [6, 6.07) is 14.6. The van der Waals surface area contributed by atoms with Crippen LogP contribution in [0.1, 0.15) is 40.5 Å². The first kappa shape index (κ1) is 32.9. The average molecular weight is 634 g/mol. The number of hydrogen-bond donors (Lipinski definition) is 1. The number of anilines is 2. The quantitative estimate of drug-likeness (QED) is 0.312. The third kappa shape index (κ3) is 5.11. The zero-order valence-electron chi connectivity index (χ0n) is 26.6. The maximum absolute atomic E-state index is 15.0. The largest absolute Gasteiger partial charge is 0.394 e. The first-order valence-corrected chi connectivity index (χ1v) is 16.2. The highest BCUT2D eigenvalue weighted by atomic mass is 35.5. The van der Waals surface area contributed by atoms with E-state index in [0.717, 1.165) is 0 Å². The monoisotopic (exact) mass is 633 g/mol. The molecule has 3 amide bonds. The number of carbonyl (C=O) groups is 3. The molecule has 1 N–H and O–H groups in total. The van der Waals surface area contributed by atoms with Crippen LogP contribution >= 0.6 is 11.6 Å². The molecule has 240 valence electrons. The lowest BCUT2D eigenvalue weighted by Gasteiger charge is -2.41. The van der Waals surface area contributed by atoms with Gasteiger partial charge in [-0.05, 0) is 49.4 Å². The number of fused-ring (bicyclic) bond motifs is 1. The number of aliphatic hydroxyl groups is 1. The molecule has 8 atom stereocenters. The predicted octanol–water partition coefficient (Wildman–Crippen LogP) is 5.50. The van der Waals surface area contributed by atoms with E-state index in [1.165, 1.54) is 4.90 Å². The number of amides is 3. The molecule has 0 radical (unpaired) electrons. The van der Waals surface area contributed by atoms with Crippen LogP contribution < -0.4 is 9.80 Å². The molecule has 3 unspecified atom stereocenters. The molecule has 3 fully saturated rings. The fourth-order valence-electron chi connectivity index (χ4n) is 7.99. The number of benzene rings is 2. The van der Waals surface area contributed by atoms with Gasteiger partial charge in [-0.15, -0.1) is 13.2 Å². The van der Waals surface area contributed by atoms with E-state index in [9.17, 15) is 14.7 Å². The number of halogens is 1. The van der Waals surface area contributed by atoms with E-state index < -0.39 is 35.1 Å². The fraction of sp³-hybridized carbons (Fsp3) is 0.472. The van der Waals surface area contributed by atoms with Crippen molar-refractivity contribution in [1.29, 1.82) is 0 Å². The van der Waals surface area contributed by atoms with Crippen LogP contribution in [-0.4, -0.2) is 70.7 Å².